The maximum Gasteiger partial charge on any atom is 0.404 e. The van der Waals surface area contributed by atoms with Gasteiger partial charge in [0.25, 0.3) is 0 Å². The van der Waals surface area contributed by atoms with Crippen LogP contribution in [-0.4, -0.2) is 9.79 Å². The molecule has 1 unspecified atom stereocenters. The van der Waals surface area contributed by atoms with Crippen LogP contribution in [0.2, 0.25) is 0 Å². The minimum Gasteiger partial charge on any atom is -0.426 e. The van der Waals surface area contributed by atoms with Gasteiger partial charge in [-0.1, -0.05) is 89.6 Å². The van der Waals surface area contributed by atoms with Crippen molar-refractivity contribution in [3.63, 3.8) is 0 Å². The van der Waals surface area contributed by atoms with Crippen molar-refractivity contribution in [2.24, 2.45) is 0 Å². The van der Waals surface area contributed by atoms with Gasteiger partial charge in [-0.15, -0.1) is 0 Å². The molecule has 160 valence electrons. The van der Waals surface area contributed by atoms with E-state index in [-0.39, 0.29) is 17.4 Å². The summed E-state index contributed by atoms with van der Waals surface area (Å²) in [6.45, 7) is 15.1. The minimum atomic E-state index is -2.62. The van der Waals surface area contributed by atoms with E-state index in [1.165, 1.54) is 0 Å². The molecule has 2 N–H and O–H groups in total. The Balaban J connectivity index is 2.42. The van der Waals surface area contributed by atoms with E-state index in [1.54, 1.807) is 0 Å². The molecular weight excluding hydrogens is 406 g/mol. The van der Waals surface area contributed by atoms with E-state index in [0.29, 0.717) is 5.75 Å². The third-order valence-electron chi connectivity index (χ3n) is 4.33. The first-order valence-electron chi connectivity index (χ1n) is 9.54. The Morgan fingerprint density at radius 3 is 1.83 bits per heavy atom. The molecule has 0 fully saturated rings. The molecule has 0 saturated heterocycles. The van der Waals surface area contributed by atoms with Crippen molar-refractivity contribution in [1.29, 1.82) is 0 Å². The Bertz CT molecular complexity index is 760. The van der Waals surface area contributed by atoms with Crippen molar-refractivity contribution in [3.05, 3.63) is 64.7 Å². The molecule has 0 aliphatic heterocycles. The van der Waals surface area contributed by atoms with Crippen molar-refractivity contribution in [2.45, 2.75) is 65.9 Å². The number of hydrogen-bond donors (Lipinski definition) is 2. The lowest BCUT2D eigenvalue weighted by molar-refractivity contribution is 0.242. The highest BCUT2D eigenvalue weighted by Gasteiger charge is 2.31. The van der Waals surface area contributed by atoms with Crippen molar-refractivity contribution in [1.82, 2.24) is 0 Å². The van der Waals surface area contributed by atoms with Gasteiger partial charge >= 0.3 is 17.2 Å². The number of aryl methyl sites for hydroxylation is 1. The fourth-order valence-corrected chi connectivity index (χ4v) is 4.34. The zero-order valence-electron chi connectivity index (χ0n) is 18.3. The Kier molecular flexibility index (Phi) is 8.21. The van der Waals surface area contributed by atoms with Gasteiger partial charge in [-0.25, -0.2) is 4.31 Å². The van der Waals surface area contributed by atoms with Crippen LogP contribution >= 0.6 is 17.2 Å². The van der Waals surface area contributed by atoms with Gasteiger partial charge in [0.15, 0.2) is 0 Å². The minimum absolute atomic E-state index is 0.176. The lowest BCUT2D eigenvalue weighted by Crippen LogP contribution is -2.19. The van der Waals surface area contributed by atoms with E-state index in [4.69, 9.17) is 13.4 Å². The highest BCUT2D eigenvalue weighted by molar-refractivity contribution is 7.54. The standard InChI is InChI=1S/C22H32O5P2/c1-16-13-18(21(2,3)4)20(19(14-16)22(5,6)7)26-29(27-28(23)24)25-15-17-11-9-8-10-12-17/h8-14,23-24H,15H2,1-7H3. The van der Waals surface area contributed by atoms with Gasteiger partial charge in [-0.05, 0) is 23.3 Å². The summed E-state index contributed by atoms with van der Waals surface area (Å²) in [5.41, 5.74) is 3.80. The molecule has 0 aromatic heterocycles. The molecule has 7 heteroatoms. The van der Waals surface area contributed by atoms with Gasteiger partial charge in [-0.3, -0.25) is 4.52 Å². The summed E-state index contributed by atoms with van der Waals surface area (Å²) in [6, 6.07) is 13.8. The van der Waals surface area contributed by atoms with Crippen molar-refractivity contribution >= 4 is 17.2 Å². The summed E-state index contributed by atoms with van der Waals surface area (Å²) >= 11 is 0. The Labute approximate surface area is 177 Å². The van der Waals surface area contributed by atoms with Crippen LogP contribution in [-0.2, 0) is 26.3 Å². The smallest absolute Gasteiger partial charge is 0.404 e. The van der Waals surface area contributed by atoms with Crippen LogP contribution < -0.4 is 4.52 Å². The highest BCUT2D eigenvalue weighted by atomic mass is 31.2. The Hall–Kier alpha value is -1.06. The van der Waals surface area contributed by atoms with Gasteiger partial charge in [0.2, 0.25) is 0 Å². The third-order valence-corrected chi connectivity index (χ3v) is 6.12. The molecule has 5 nitrogen and oxygen atoms in total. The topological polar surface area (TPSA) is 68.2 Å². The molecule has 1 atom stereocenters. The largest absolute Gasteiger partial charge is 0.426 e. The summed E-state index contributed by atoms with van der Waals surface area (Å²) in [6.07, 6.45) is 0. The second-order valence-electron chi connectivity index (χ2n) is 9.10. The van der Waals surface area contributed by atoms with Gasteiger partial charge in [0.1, 0.15) is 5.75 Å². The molecule has 0 bridgehead atoms. The first-order valence-corrected chi connectivity index (χ1v) is 11.8. The quantitative estimate of drug-likeness (QED) is 0.474. The van der Waals surface area contributed by atoms with E-state index in [0.717, 1.165) is 22.3 Å². The van der Waals surface area contributed by atoms with Crippen LogP contribution in [0, 0.1) is 6.92 Å². The first kappa shape index (κ1) is 24.2. The highest BCUT2D eigenvalue weighted by Crippen LogP contribution is 2.54. The van der Waals surface area contributed by atoms with Crippen LogP contribution in [0.3, 0.4) is 0 Å². The Morgan fingerprint density at radius 2 is 1.38 bits per heavy atom. The summed E-state index contributed by atoms with van der Waals surface area (Å²) in [4.78, 5) is 18.9. The average molecular weight is 438 g/mol. The molecule has 0 saturated carbocycles. The van der Waals surface area contributed by atoms with E-state index >= 15 is 0 Å². The van der Waals surface area contributed by atoms with Gasteiger partial charge in [-0.2, -0.15) is 0 Å². The maximum atomic E-state index is 9.45. The molecule has 0 heterocycles. The number of benzene rings is 2. The van der Waals surface area contributed by atoms with Crippen molar-refractivity contribution in [3.8, 4) is 5.75 Å². The SMILES string of the molecule is Cc1cc(C(C)(C)C)c(OP(OCc2ccccc2)OP(O)O)c(C(C)(C)C)c1. The molecule has 2 aromatic rings. The molecule has 29 heavy (non-hydrogen) atoms. The molecule has 0 aliphatic rings. The maximum absolute atomic E-state index is 9.45. The number of rotatable bonds is 7. The van der Waals surface area contributed by atoms with Crippen LogP contribution in [0.15, 0.2) is 42.5 Å². The Morgan fingerprint density at radius 1 is 0.862 bits per heavy atom. The van der Waals surface area contributed by atoms with Crippen molar-refractivity contribution in [2.75, 3.05) is 0 Å². The summed E-state index contributed by atoms with van der Waals surface area (Å²) in [5.74, 6) is 0.687. The fourth-order valence-electron chi connectivity index (χ4n) is 2.89. The molecule has 2 rings (SSSR count). The summed E-state index contributed by atoms with van der Waals surface area (Å²) in [7, 11) is -4.63. The van der Waals surface area contributed by atoms with Crippen molar-refractivity contribution < 1.29 is 23.1 Å². The first-order chi connectivity index (χ1) is 13.4. The van der Waals surface area contributed by atoms with Crippen LogP contribution in [0.5, 0.6) is 5.75 Å². The van der Waals surface area contributed by atoms with Crippen LogP contribution in [0.4, 0.5) is 0 Å². The zero-order valence-corrected chi connectivity index (χ0v) is 20.1. The van der Waals surface area contributed by atoms with Crippen LogP contribution in [0.25, 0.3) is 0 Å². The second kappa shape index (κ2) is 9.83. The predicted octanol–water partition coefficient (Wildman–Crippen LogP) is 6.64. The molecule has 0 spiro atoms. The normalized spacial score (nSPS) is 13.6. The van der Waals surface area contributed by atoms with Gasteiger partial charge < -0.3 is 14.3 Å². The predicted molar refractivity (Wildman–Crippen MR) is 120 cm³/mol. The molecule has 0 radical (unpaired) electrons. The summed E-state index contributed by atoms with van der Waals surface area (Å²) in [5, 5.41) is 0. The molecular formula is C22H32O5P2. The molecule has 0 amide bonds. The lowest BCUT2D eigenvalue weighted by atomic mass is 9.78. The second-order valence-corrected chi connectivity index (χ2v) is 11.1. The lowest BCUT2D eigenvalue weighted by Gasteiger charge is -2.31. The average Bonchev–Trinajstić information content (AvgIpc) is 2.59. The number of hydrogen-bond acceptors (Lipinski definition) is 5. The van der Waals surface area contributed by atoms with Gasteiger partial charge in [0, 0.05) is 11.1 Å². The fraction of sp³-hybridized carbons (Fsp3) is 0.455. The third kappa shape index (κ3) is 7.29. The monoisotopic (exact) mass is 438 g/mol. The van der Waals surface area contributed by atoms with E-state index in [1.807, 2.05) is 30.3 Å². The molecule has 2 aromatic carbocycles. The van der Waals surface area contributed by atoms with E-state index in [2.05, 4.69) is 60.6 Å². The van der Waals surface area contributed by atoms with E-state index in [9.17, 15) is 9.79 Å². The summed E-state index contributed by atoms with van der Waals surface area (Å²) < 4.78 is 17.3. The van der Waals surface area contributed by atoms with Crippen LogP contribution in [0.1, 0.15) is 63.8 Å². The zero-order chi connectivity index (χ0) is 21.8. The molecule has 0 aliphatic carbocycles. The van der Waals surface area contributed by atoms with E-state index < -0.39 is 17.2 Å². The van der Waals surface area contributed by atoms with Gasteiger partial charge in [0.05, 0.1) is 6.61 Å².